The highest BCUT2D eigenvalue weighted by molar-refractivity contribution is 5.41. The molecule has 1 heteroatoms. The highest BCUT2D eigenvalue weighted by Crippen LogP contribution is 2.35. The van der Waals surface area contributed by atoms with Crippen LogP contribution in [0.15, 0.2) is 18.2 Å². The maximum absolute atomic E-state index is 5.79. The standard InChI is InChI=1S/C12H16O/c1-4-9-5-6-11-10(7-9)8-12(2,3)13-11/h5-7H,4,8H2,1-3H3. The van der Waals surface area contributed by atoms with Crippen LogP contribution in [0.3, 0.4) is 0 Å². The summed E-state index contributed by atoms with van der Waals surface area (Å²) in [6, 6.07) is 6.52. The van der Waals surface area contributed by atoms with Gasteiger partial charge in [-0.2, -0.15) is 0 Å². The molecule has 0 aliphatic carbocycles. The molecule has 1 aliphatic rings. The minimum absolute atomic E-state index is 0.00526. The maximum atomic E-state index is 5.79. The fourth-order valence-electron chi connectivity index (χ4n) is 1.88. The summed E-state index contributed by atoms with van der Waals surface area (Å²) in [6.45, 7) is 6.46. The van der Waals surface area contributed by atoms with E-state index in [-0.39, 0.29) is 5.60 Å². The van der Waals surface area contributed by atoms with Crippen molar-refractivity contribution >= 4 is 0 Å². The summed E-state index contributed by atoms with van der Waals surface area (Å²) in [7, 11) is 0. The third-order valence-corrected chi connectivity index (χ3v) is 2.54. The summed E-state index contributed by atoms with van der Waals surface area (Å²) in [5, 5.41) is 0. The molecule has 0 radical (unpaired) electrons. The average Bonchev–Trinajstić information content (AvgIpc) is 2.36. The molecule has 0 bridgehead atoms. The quantitative estimate of drug-likeness (QED) is 0.639. The van der Waals surface area contributed by atoms with Crippen LogP contribution in [0.1, 0.15) is 31.9 Å². The maximum Gasteiger partial charge on any atom is 0.123 e. The van der Waals surface area contributed by atoms with Crippen LogP contribution < -0.4 is 4.74 Å². The van der Waals surface area contributed by atoms with E-state index >= 15 is 0 Å². The highest BCUT2D eigenvalue weighted by atomic mass is 16.5. The first-order chi connectivity index (χ1) is 6.11. The van der Waals surface area contributed by atoms with E-state index < -0.39 is 0 Å². The summed E-state index contributed by atoms with van der Waals surface area (Å²) in [5.41, 5.74) is 2.76. The molecule has 0 unspecified atom stereocenters. The Hall–Kier alpha value is -0.980. The third kappa shape index (κ3) is 1.55. The van der Waals surface area contributed by atoms with E-state index in [1.807, 2.05) is 0 Å². The molecule has 1 aromatic carbocycles. The fraction of sp³-hybridized carbons (Fsp3) is 0.500. The summed E-state index contributed by atoms with van der Waals surface area (Å²) in [6.07, 6.45) is 2.14. The van der Waals surface area contributed by atoms with Gasteiger partial charge in [-0.25, -0.2) is 0 Å². The largest absolute Gasteiger partial charge is 0.487 e. The van der Waals surface area contributed by atoms with Crippen molar-refractivity contribution in [3.8, 4) is 5.75 Å². The first-order valence-corrected chi connectivity index (χ1v) is 4.91. The minimum Gasteiger partial charge on any atom is -0.487 e. The van der Waals surface area contributed by atoms with Crippen molar-refractivity contribution in [1.82, 2.24) is 0 Å². The third-order valence-electron chi connectivity index (χ3n) is 2.54. The van der Waals surface area contributed by atoms with Gasteiger partial charge in [-0.3, -0.25) is 0 Å². The Balaban J connectivity index is 2.36. The molecule has 0 aromatic heterocycles. The number of benzene rings is 1. The van der Waals surface area contributed by atoms with Crippen molar-refractivity contribution in [3.63, 3.8) is 0 Å². The van der Waals surface area contributed by atoms with Crippen LogP contribution >= 0.6 is 0 Å². The van der Waals surface area contributed by atoms with E-state index in [0.717, 1.165) is 18.6 Å². The van der Waals surface area contributed by atoms with Gasteiger partial charge in [0.1, 0.15) is 11.4 Å². The molecule has 1 aliphatic heterocycles. The monoisotopic (exact) mass is 176 g/mol. The Labute approximate surface area is 79.7 Å². The van der Waals surface area contributed by atoms with Gasteiger partial charge in [0, 0.05) is 6.42 Å². The lowest BCUT2D eigenvalue weighted by molar-refractivity contribution is 0.138. The molecule has 1 heterocycles. The Morgan fingerprint density at radius 2 is 2.15 bits per heavy atom. The number of fused-ring (bicyclic) bond motifs is 1. The second-order valence-corrected chi connectivity index (χ2v) is 4.33. The number of ether oxygens (including phenoxy) is 1. The number of hydrogen-bond acceptors (Lipinski definition) is 1. The van der Waals surface area contributed by atoms with E-state index in [4.69, 9.17) is 4.74 Å². The van der Waals surface area contributed by atoms with Gasteiger partial charge < -0.3 is 4.74 Å². The molecule has 1 nitrogen and oxygen atoms in total. The van der Waals surface area contributed by atoms with E-state index in [1.54, 1.807) is 0 Å². The van der Waals surface area contributed by atoms with Gasteiger partial charge in [0.05, 0.1) is 0 Å². The zero-order valence-electron chi connectivity index (χ0n) is 8.55. The molecule has 0 N–H and O–H groups in total. The van der Waals surface area contributed by atoms with Crippen LogP contribution in [0.4, 0.5) is 0 Å². The Bertz CT molecular complexity index is 326. The Morgan fingerprint density at radius 1 is 1.38 bits per heavy atom. The summed E-state index contributed by atoms with van der Waals surface area (Å²) < 4.78 is 5.79. The lowest BCUT2D eigenvalue weighted by Gasteiger charge is -2.16. The Kier molecular flexibility index (Phi) is 1.83. The SMILES string of the molecule is CCc1ccc2c(c1)CC(C)(C)O2. The topological polar surface area (TPSA) is 9.23 Å². The van der Waals surface area contributed by atoms with E-state index in [0.29, 0.717) is 0 Å². The van der Waals surface area contributed by atoms with Gasteiger partial charge in [-0.15, -0.1) is 0 Å². The predicted molar refractivity (Wildman–Crippen MR) is 54.2 cm³/mol. The van der Waals surface area contributed by atoms with Crippen molar-refractivity contribution in [1.29, 1.82) is 0 Å². The molecule has 0 spiro atoms. The molecule has 0 saturated heterocycles. The molecular weight excluding hydrogens is 160 g/mol. The van der Waals surface area contributed by atoms with E-state index in [2.05, 4.69) is 39.0 Å². The van der Waals surface area contributed by atoms with Crippen molar-refractivity contribution in [2.45, 2.75) is 39.2 Å². The van der Waals surface area contributed by atoms with Crippen LogP contribution in [0, 0.1) is 0 Å². The first kappa shape index (κ1) is 8.61. The van der Waals surface area contributed by atoms with Gasteiger partial charge in [0.15, 0.2) is 0 Å². The van der Waals surface area contributed by atoms with Crippen LogP contribution in [0.5, 0.6) is 5.75 Å². The lowest BCUT2D eigenvalue weighted by atomic mass is 10.00. The van der Waals surface area contributed by atoms with E-state index in [1.165, 1.54) is 11.1 Å². The molecule has 0 saturated carbocycles. The van der Waals surface area contributed by atoms with Gasteiger partial charge in [0.25, 0.3) is 0 Å². The van der Waals surface area contributed by atoms with Crippen molar-refractivity contribution in [3.05, 3.63) is 29.3 Å². The summed E-state index contributed by atoms with van der Waals surface area (Å²) >= 11 is 0. The number of rotatable bonds is 1. The molecule has 2 rings (SSSR count). The molecule has 70 valence electrons. The van der Waals surface area contributed by atoms with Gasteiger partial charge in [-0.1, -0.05) is 19.1 Å². The second kappa shape index (κ2) is 2.76. The summed E-state index contributed by atoms with van der Waals surface area (Å²) in [4.78, 5) is 0. The molecule has 0 atom stereocenters. The Morgan fingerprint density at radius 3 is 2.85 bits per heavy atom. The molecule has 13 heavy (non-hydrogen) atoms. The second-order valence-electron chi connectivity index (χ2n) is 4.33. The van der Waals surface area contributed by atoms with Gasteiger partial charge >= 0.3 is 0 Å². The van der Waals surface area contributed by atoms with Gasteiger partial charge in [0.2, 0.25) is 0 Å². The summed E-state index contributed by atoms with van der Waals surface area (Å²) in [5.74, 6) is 1.07. The number of aryl methyl sites for hydroxylation is 1. The molecule has 0 fully saturated rings. The zero-order chi connectivity index (χ0) is 9.47. The lowest BCUT2D eigenvalue weighted by Crippen LogP contribution is -2.24. The van der Waals surface area contributed by atoms with Gasteiger partial charge in [-0.05, 0) is 37.5 Å². The van der Waals surface area contributed by atoms with Crippen LogP contribution in [-0.2, 0) is 12.8 Å². The van der Waals surface area contributed by atoms with Crippen LogP contribution in [-0.4, -0.2) is 5.60 Å². The molecular formula is C12H16O. The smallest absolute Gasteiger partial charge is 0.123 e. The predicted octanol–water partition coefficient (Wildman–Crippen LogP) is 2.96. The van der Waals surface area contributed by atoms with Crippen molar-refractivity contribution < 1.29 is 4.74 Å². The average molecular weight is 176 g/mol. The normalized spacial score (nSPS) is 18.1. The first-order valence-electron chi connectivity index (χ1n) is 4.91. The molecule has 0 amide bonds. The van der Waals surface area contributed by atoms with Crippen molar-refractivity contribution in [2.75, 3.05) is 0 Å². The van der Waals surface area contributed by atoms with Crippen molar-refractivity contribution in [2.24, 2.45) is 0 Å². The zero-order valence-corrected chi connectivity index (χ0v) is 8.55. The van der Waals surface area contributed by atoms with Crippen LogP contribution in [0.25, 0.3) is 0 Å². The minimum atomic E-state index is -0.00526. The fourth-order valence-corrected chi connectivity index (χ4v) is 1.88. The molecule has 1 aromatic rings. The van der Waals surface area contributed by atoms with E-state index in [9.17, 15) is 0 Å². The number of hydrogen-bond donors (Lipinski definition) is 0. The highest BCUT2D eigenvalue weighted by Gasteiger charge is 2.29. The van der Waals surface area contributed by atoms with Crippen LogP contribution in [0.2, 0.25) is 0 Å².